The first-order chi connectivity index (χ1) is 7.40. The highest BCUT2D eigenvalue weighted by Gasteiger charge is 2.16. The highest BCUT2D eigenvalue weighted by molar-refractivity contribution is 6.30. The summed E-state index contributed by atoms with van der Waals surface area (Å²) in [6.45, 7) is 6.42. The van der Waals surface area contributed by atoms with Crippen molar-refractivity contribution >= 4 is 11.6 Å². The molecular weight excluding hydrogens is 222 g/mol. The molecule has 3 heteroatoms. The van der Waals surface area contributed by atoms with E-state index in [4.69, 9.17) is 11.6 Å². The zero-order valence-corrected chi connectivity index (χ0v) is 10.9. The maximum Gasteiger partial charge on any atom is 0.0588 e. The first-order valence-electron chi connectivity index (χ1n) is 5.54. The van der Waals surface area contributed by atoms with Crippen LogP contribution in [-0.2, 0) is 6.42 Å². The van der Waals surface area contributed by atoms with Crippen LogP contribution in [0.3, 0.4) is 0 Å². The van der Waals surface area contributed by atoms with Crippen LogP contribution in [-0.4, -0.2) is 23.3 Å². The summed E-state index contributed by atoms with van der Waals surface area (Å²) < 4.78 is 0. The van der Waals surface area contributed by atoms with Crippen molar-refractivity contribution in [3.8, 4) is 0 Å². The third-order valence-corrected chi connectivity index (χ3v) is 2.50. The van der Waals surface area contributed by atoms with E-state index in [0.29, 0.717) is 0 Å². The van der Waals surface area contributed by atoms with E-state index in [0.717, 1.165) is 11.4 Å². The maximum absolute atomic E-state index is 9.32. The molecule has 0 aliphatic heterocycles. The third kappa shape index (κ3) is 4.97. The van der Waals surface area contributed by atoms with Crippen LogP contribution in [0.5, 0.6) is 0 Å². The Morgan fingerprint density at radius 3 is 2.25 bits per heavy atom. The van der Waals surface area contributed by atoms with Gasteiger partial charge in [0.05, 0.1) is 6.61 Å². The molecule has 0 amide bonds. The highest BCUT2D eigenvalue weighted by atomic mass is 35.5. The lowest BCUT2D eigenvalue weighted by molar-refractivity contribution is 0.215. The van der Waals surface area contributed by atoms with Crippen LogP contribution in [0.4, 0.5) is 0 Å². The molecular formula is C13H20ClNO. The molecule has 0 heterocycles. The van der Waals surface area contributed by atoms with Gasteiger partial charge in [0, 0.05) is 16.6 Å². The summed E-state index contributed by atoms with van der Waals surface area (Å²) in [7, 11) is 0. The van der Waals surface area contributed by atoms with Gasteiger partial charge in [0.2, 0.25) is 0 Å². The topological polar surface area (TPSA) is 32.3 Å². The highest BCUT2D eigenvalue weighted by Crippen LogP contribution is 2.12. The standard InChI is InChI=1S/C13H20ClNO/c1-13(2,3)15-12(9-16)8-10-4-6-11(14)7-5-10/h4-7,12,15-16H,8-9H2,1-3H3/t12-/m1/s1. The van der Waals surface area contributed by atoms with Gasteiger partial charge in [-0.05, 0) is 44.9 Å². The number of aliphatic hydroxyl groups excluding tert-OH is 1. The molecule has 0 bridgehead atoms. The van der Waals surface area contributed by atoms with Gasteiger partial charge in [-0.2, -0.15) is 0 Å². The van der Waals surface area contributed by atoms with Crippen molar-refractivity contribution in [2.45, 2.75) is 38.8 Å². The normalized spacial score (nSPS) is 13.8. The monoisotopic (exact) mass is 241 g/mol. The van der Waals surface area contributed by atoms with Crippen molar-refractivity contribution in [1.82, 2.24) is 5.32 Å². The molecule has 16 heavy (non-hydrogen) atoms. The molecule has 1 rings (SSSR count). The van der Waals surface area contributed by atoms with Gasteiger partial charge >= 0.3 is 0 Å². The number of nitrogens with one attached hydrogen (secondary N) is 1. The summed E-state index contributed by atoms with van der Waals surface area (Å²) in [5.74, 6) is 0. The predicted molar refractivity (Wildman–Crippen MR) is 68.9 cm³/mol. The Labute approximate surface area is 103 Å². The van der Waals surface area contributed by atoms with Crippen molar-refractivity contribution in [2.75, 3.05) is 6.61 Å². The summed E-state index contributed by atoms with van der Waals surface area (Å²) in [6, 6.07) is 7.83. The Kier molecular flexibility index (Phi) is 4.78. The summed E-state index contributed by atoms with van der Waals surface area (Å²) >= 11 is 5.82. The molecule has 1 aromatic rings. The fourth-order valence-electron chi connectivity index (χ4n) is 1.68. The Morgan fingerprint density at radius 1 is 1.25 bits per heavy atom. The van der Waals surface area contributed by atoms with Crippen LogP contribution < -0.4 is 5.32 Å². The number of rotatable bonds is 4. The second-order valence-electron chi connectivity index (χ2n) is 5.10. The summed E-state index contributed by atoms with van der Waals surface area (Å²) in [6.07, 6.45) is 0.810. The Hall–Kier alpha value is -0.570. The fourth-order valence-corrected chi connectivity index (χ4v) is 1.80. The molecule has 90 valence electrons. The molecule has 0 aliphatic carbocycles. The smallest absolute Gasteiger partial charge is 0.0588 e. The minimum atomic E-state index is 0.0137. The van der Waals surface area contributed by atoms with Gasteiger partial charge in [0.25, 0.3) is 0 Å². The lowest BCUT2D eigenvalue weighted by atomic mass is 10.0. The predicted octanol–water partition coefficient (Wildman–Crippen LogP) is 2.63. The molecule has 0 aliphatic rings. The first kappa shape index (κ1) is 13.5. The third-order valence-electron chi connectivity index (χ3n) is 2.25. The van der Waals surface area contributed by atoms with Gasteiger partial charge in [-0.1, -0.05) is 23.7 Å². The van der Waals surface area contributed by atoms with Crippen LogP contribution in [0.1, 0.15) is 26.3 Å². The molecule has 2 N–H and O–H groups in total. The van der Waals surface area contributed by atoms with E-state index < -0.39 is 0 Å². The van der Waals surface area contributed by atoms with E-state index in [-0.39, 0.29) is 18.2 Å². The molecule has 0 fully saturated rings. The molecule has 2 nitrogen and oxygen atoms in total. The molecule has 0 unspecified atom stereocenters. The molecule has 0 saturated heterocycles. The number of halogens is 1. The Morgan fingerprint density at radius 2 is 1.81 bits per heavy atom. The average molecular weight is 242 g/mol. The number of benzene rings is 1. The zero-order valence-electron chi connectivity index (χ0n) is 10.1. The van der Waals surface area contributed by atoms with Crippen LogP contribution in [0.25, 0.3) is 0 Å². The van der Waals surface area contributed by atoms with E-state index in [1.807, 2.05) is 24.3 Å². The number of hydrogen-bond acceptors (Lipinski definition) is 2. The second-order valence-corrected chi connectivity index (χ2v) is 5.54. The number of aliphatic hydroxyl groups is 1. The van der Waals surface area contributed by atoms with Crippen LogP contribution in [0, 0.1) is 0 Å². The largest absolute Gasteiger partial charge is 0.395 e. The van der Waals surface area contributed by atoms with E-state index in [1.165, 1.54) is 5.56 Å². The van der Waals surface area contributed by atoms with Gasteiger partial charge in [0.15, 0.2) is 0 Å². The van der Waals surface area contributed by atoms with Crippen LogP contribution in [0.2, 0.25) is 5.02 Å². The van der Waals surface area contributed by atoms with E-state index in [1.54, 1.807) is 0 Å². The lowest BCUT2D eigenvalue weighted by Crippen LogP contribution is -2.46. The second kappa shape index (κ2) is 5.67. The Balaban J connectivity index is 2.60. The molecule has 1 atom stereocenters. The molecule has 0 radical (unpaired) electrons. The molecule has 1 aromatic carbocycles. The minimum Gasteiger partial charge on any atom is -0.395 e. The SMILES string of the molecule is CC(C)(C)N[C@@H](CO)Cc1ccc(Cl)cc1. The van der Waals surface area contributed by atoms with Crippen molar-refractivity contribution in [2.24, 2.45) is 0 Å². The summed E-state index contributed by atoms with van der Waals surface area (Å²) in [5.41, 5.74) is 1.19. The van der Waals surface area contributed by atoms with Gasteiger partial charge in [0.1, 0.15) is 0 Å². The average Bonchev–Trinajstić information content (AvgIpc) is 2.18. The van der Waals surface area contributed by atoms with Crippen molar-refractivity contribution in [3.63, 3.8) is 0 Å². The Bertz CT molecular complexity index is 316. The van der Waals surface area contributed by atoms with Crippen molar-refractivity contribution in [1.29, 1.82) is 0 Å². The van der Waals surface area contributed by atoms with Gasteiger partial charge in [-0.25, -0.2) is 0 Å². The van der Waals surface area contributed by atoms with Crippen molar-refractivity contribution in [3.05, 3.63) is 34.9 Å². The number of hydrogen-bond donors (Lipinski definition) is 2. The minimum absolute atomic E-state index is 0.0137. The maximum atomic E-state index is 9.32. The fraction of sp³-hybridized carbons (Fsp3) is 0.538. The van der Waals surface area contributed by atoms with Gasteiger partial charge in [-0.15, -0.1) is 0 Å². The zero-order chi connectivity index (χ0) is 12.2. The lowest BCUT2D eigenvalue weighted by Gasteiger charge is -2.27. The van der Waals surface area contributed by atoms with Gasteiger partial charge in [-0.3, -0.25) is 0 Å². The van der Waals surface area contributed by atoms with Crippen LogP contribution >= 0.6 is 11.6 Å². The van der Waals surface area contributed by atoms with Crippen molar-refractivity contribution < 1.29 is 5.11 Å². The first-order valence-corrected chi connectivity index (χ1v) is 5.91. The van der Waals surface area contributed by atoms with E-state index in [2.05, 4.69) is 26.1 Å². The van der Waals surface area contributed by atoms with Crippen LogP contribution in [0.15, 0.2) is 24.3 Å². The summed E-state index contributed by atoms with van der Waals surface area (Å²) in [5, 5.41) is 13.4. The molecule has 0 spiro atoms. The molecule has 0 saturated carbocycles. The summed E-state index contributed by atoms with van der Waals surface area (Å²) in [4.78, 5) is 0. The van der Waals surface area contributed by atoms with E-state index in [9.17, 15) is 5.11 Å². The van der Waals surface area contributed by atoms with E-state index >= 15 is 0 Å². The molecule has 0 aromatic heterocycles. The van der Waals surface area contributed by atoms with Gasteiger partial charge < -0.3 is 10.4 Å². The quantitative estimate of drug-likeness (QED) is 0.850.